The molecule has 306 valence electrons. The van der Waals surface area contributed by atoms with Gasteiger partial charge < -0.3 is 14.1 Å². The number of alkyl halides is 6. The number of aromatic amines is 1. The van der Waals surface area contributed by atoms with E-state index in [4.69, 9.17) is 25.9 Å². The molecular weight excluding hydrogens is 821 g/mol. The lowest BCUT2D eigenvalue weighted by atomic mass is 9.87. The molecule has 9 rings (SSSR count). The Hall–Kier alpha value is -5.62. The second-order valence-corrected chi connectivity index (χ2v) is 16.6. The Kier molecular flexibility index (Phi) is 11.2. The van der Waals surface area contributed by atoms with Crippen molar-refractivity contribution < 1.29 is 61.4 Å². The summed E-state index contributed by atoms with van der Waals surface area (Å²) in [4.78, 5) is 3.58. The maximum atomic E-state index is 10.7. The summed E-state index contributed by atoms with van der Waals surface area (Å²) in [6.07, 6.45) is 13.6. The maximum absolute atomic E-state index is 10.7. The van der Waals surface area contributed by atoms with E-state index in [9.17, 15) is 26.3 Å². The number of H-pyrrole nitrogens is 1. The zero-order valence-corrected chi connectivity index (χ0v) is 32.4. The van der Waals surface area contributed by atoms with Gasteiger partial charge in [-0.05, 0) is 59.2 Å². The third kappa shape index (κ3) is 8.46. The molecule has 2 aliphatic rings. The third-order valence-corrected chi connectivity index (χ3v) is 11.3. The third-order valence-electron chi connectivity index (χ3n) is 10.2. The molecule has 0 bridgehead atoms. The van der Waals surface area contributed by atoms with Gasteiger partial charge in [-0.1, -0.05) is 66.7 Å². The number of nitrogens with one attached hydrogen (secondary N) is 1. The number of fused-ring (bicyclic) bond motifs is 12. The minimum atomic E-state index is -6.09. The molecule has 9 nitrogen and oxygen atoms in total. The SMILES string of the molecule is C(=C\c1c[nH]c2c1ccc1ccccc12)/c1cc2ccccc2[n+]2c1-c1c(ccc3c1-c1cccc[n+]1CCC3)CCC2.O=S(=O)([O-])C(F)(F)F.O=S(=O)([O-])C(F)(F)F. The second kappa shape index (κ2) is 15.9. The van der Waals surface area contributed by atoms with Crippen LogP contribution >= 0.6 is 0 Å². The first-order valence-corrected chi connectivity index (χ1v) is 21.0. The summed E-state index contributed by atoms with van der Waals surface area (Å²) < 4.78 is 123. The van der Waals surface area contributed by atoms with Crippen LogP contribution in [0.15, 0.2) is 109 Å². The lowest BCUT2D eigenvalue weighted by molar-refractivity contribution is -0.686. The molecule has 1 N–H and O–H groups in total. The van der Waals surface area contributed by atoms with Crippen LogP contribution in [-0.2, 0) is 46.2 Å². The van der Waals surface area contributed by atoms with Crippen LogP contribution in [0.2, 0.25) is 0 Å². The van der Waals surface area contributed by atoms with E-state index in [1.54, 1.807) is 0 Å². The van der Waals surface area contributed by atoms with E-state index in [0.717, 1.165) is 38.8 Å². The van der Waals surface area contributed by atoms with E-state index >= 15 is 0 Å². The molecule has 5 heterocycles. The Labute approximate surface area is 334 Å². The molecule has 0 atom stereocenters. The minimum Gasteiger partial charge on any atom is -0.741 e. The Morgan fingerprint density at radius 3 is 1.88 bits per heavy atom. The first-order valence-electron chi connectivity index (χ1n) is 18.1. The predicted molar refractivity (Wildman–Crippen MR) is 208 cm³/mol. The molecule has 0 aliphatic carbocycles. The average molecular weight is 854 g/mol. The summed E-state index contributed by atoms with van der Waals surface area (Å²) in [6, 6.07) is 36.0. The molecule has 0 saturated heterocycles. The van der Waals surface area contributed by atoms with Gasteiger partial charge >= 0.3 is 11.0 Å². The van der Waals surface area contributed by atoms with Crippen LogP contribution in [0.3, 0.4) is 0 Å². The minimum absolute atomic E-state index is 1.01. The lowest BCUT2D eigenvalue weighted by Gasteiger charge is -2.15. The molecule has 7 aromatic rings. The quantitative estimate of drug-likeness (QED) is 0.0801. The van der Waals surface area contributed by atoms with Crippen molar-refractivity contribution in [1.82, 2.24) is 4.98 Å². The van der Waals surface area contributed by atoms with Crippen molar-refractivity contribution >= 4 is 65.0 Å². The molecule has 3 aromatic heterocycles. The number of halogens is 6. The molecule has 0 amide bonds. The van der Waals surface area contributed by atoms with E-state index in [1.807, 2.05) is 0 Å². The summed E-state index contributed by atoms with van der Waals surface area (Å²) >= 11 is 0. The van der Waals surface area contributed by atoms with Crippen molar-refractivity contribution in [3.63, 3.8) is 0 Å². The largest absolute Gasteiger partial charge is 0.741 e. The number of pyridine rings is 2. The van der Waals surface area contributed by atoms with Gasteiger partial charge in [-0.25, -0.2) is 16.8 Å². The standard InChI is InChI=1S/C40H32N3.2CHF3O3S/c1-3-13-33-27(9-1)20-21-34-32(26-41-39(33)34)19-18-31-25-30-10-2-4-14-35(30)43-24-8-12-29-17-16-28-11-7-23-42-22-6-5-15-36(42)37(28)38(29)40(31)43;2*2-1(3,4)8(5,6)7/h1-6,9-10,13-22,25-26H,7-8,11-12,23-24H2;2*(H,5,6,7)/q+1;;/p-1. The van der Waals surface area contributed by atoms with Crippen molar-refractivity contribution in [3.8, 4) is 22.5 Å². The van der Waals surface area contributed by atoms with E-state index in [-0.39, 0.29) is 0 Å². The lowest BCUT2D eigenvalue weighted by Crippen LogP contribution is -2.38. The Morgan fingerprint density at radius 2 is 1.20 bits per heavy atom. The topological polar surface area (TPSA) is 138 Å². The number of rotatable bonds is 2. The van der Waals surface area contributed by atoms with Crippen molar-refractivity contribution in [2.24, 2.45) is 0 Å². The molecule has 4 aromatic carbocycles. The monoisotopic (exact) mass is 853 g/mol. The average Bonchev–Trinajstić information content (AvgIpc) is 3.36. The van der Waals surface area contributed by atoms with E-state index in [2.05, 4.69) is 136 Å². The summed E-state index contributed by atoms with van der Waals surface area (Å²) in [5.41, 5.74) is 2.19. The van der Waals surface area contributed by atoms with Crippen molar-refractivity contribution in [1.29, 1.82) is 0 Å². The first-order chi connectivity index (χ1) is 27.8. The molecule has 0 fully saturated rings. The normalized spacial score (nSPS) is 14.2. The zero-order valence-electron chi connectivity index (χ0n) is 30.7. The fraction of sp³-hybridized carbons (Fsp3) is 0.190. The number of nitrogens with zero attached hydrogens (tertiary/aromatic N) is 2. The number of aromatic nitrogens is 3. The summed E-state index contributed by atoms with van der Waals surface area (Å²) in [5, 5.41) is 5.08. The highest BCUT2D eigenvalue weighted by atomic mass is 32.2. The van der Waals surface area contributed by atoms with Crippen LogP contribution in [0.25, 0.3) is 67.2 Å². The van der Waals surface area contributed by atoms with Crippen LogP contribution < -0.4 is 9.13 Å². The first kappa shape index (κ1) is 41.5. The van der Waals surface area contributed by atoms with Crippen molar-refractivity contribution in [2.45, 2.75) is 49.8 Å². The molecule has 0 saturated carbocycles. The summed E-state index contributed by atoms with van der Waals surface area (Å²) in [7, 11) is -12.2. The van der Waals surface area contributed by atoms with E-state index in [0.29, 0.717) is 0 Å². The summed E-state index contributed by atoms with van der Waals surface area (Å²) in [5.74, 6) is 0. The van der Waals surface area contributed by atoms with Crippen LogP contribution in [0.1, 0.15) is 35.1 Å². The van der Waals surface area contributed by atoms with Gasteiger partial charge in [-0.3, -0.25) is 0 Å². The highest BCUT2D eigenvalue weighted by Crippen LogP contribution is 2.41. The van der Waals surface area contributed by atoms with Gasteiger partial charge in [0, 0.05) is 59.0 Å². The van der Waals surface area contributed by atoms with Gasteiger partial charge in [-0.15, -0.1) is 0 Å². The maximum Gasteiger partial charge on any atom is 0.485 e. The number of aryl methyl sites for hydroxylation is 4. The Morgan fingerprint density at radius 1 is 0.627 bits per heavy atom. The summed E-state index contributed by atoms with van der Waals surface area (Å²) in [6.45, 7) is 2.06. The van der Waals surface area contributed by atoms with E-state index in [1.165, 1.54) is 77.3 Å². The fourth-order valence-corrected chi connectivity index (χ4v) is 7.65. The molecular formula is C42H33F6N3O6S2. The van der Waals surface area contributed by atoms with E-state index < -0.39 is 31.3 Å². The molecule has 17 heteroatoms. The van der Waals surface area contributed by atoms with Crippen LogP contribution in [0.5, 0.6) is 0 Å². The van der Waals surface area contributed by atoms with Gasteiger partial charge in [0.1, 0.15) is 13.1 Å². The van der Waals surface area contributed by atoms with Crippen LogP contribution in [0, 0.1) is 0 Å². The van der Waals surface area contributed by atoms with Gasteiger partial charge in [-0.2, -0.15) is 35.5 Å². The highest BCUT2D eigenvalue weighted by molar-refractivity contribution is 7.86. The van der Waals surface area contributed by atoms with Gasteiger partial charge in [0.05, 0.1) is 16.6 Å². The second-order valence-electron chi connectivity index (χ2n) is 13.9. The zero-order chi connectivity index (χ0) is 42.3. The Bertz CT molecular complexity index is 2960. The predicted octanol–water partition coefficient (Wildman–Crippen LogP) is 8.55. The molecule has 59 heavy (non-hydrogen) atoms. The van der Waals surface area contributed by atoms with Crippen molar-refractivity contribution in [2.75, 3.05) is 0 Å². The smallest absolute Gasteiger partial charge is 0.485 e. The number of hydrogen-bond donors (Lipinski definition) is 1. The van der Waals surface area contributed by atoms with Crippen molar-refractivity contribution in [3.05, 3.63) is 132 Å². The molecule has 0 spiro atoms. The Balaban J connectivity index is 0.000000281. The van der Waals surface area contributed by atoms with Gasteiger partial charge in [0.25, 0.3) is 0 Å². The number of hydrogen-bond acceptors (Lipinski definition) is 6. The van der Waals surface area contributed by atoms with Crippen LogP contribution in [-0.4, -0.2) is 41.9 Å². The van der Waals surface area contributed by atoms with Gasteiger partial charge in [0.15, 0.2) is 26.4 Å². The number of benzene rings is 4. The molecule has 0 unspecified atom stereocenters. The fourth-order valence-electron chi connectivity index (χ4n) is 7.65. The van der Waals surface area contributed by atoms with Gasteiger partial charge in [0.2, 0.25) is 16.9 Å². The molecule has 2 aliphatic heterocycles. The van der Waals surface area contributed by atoms with Crippen LogP contribution in [0.4, 0.5) is 26.3 Å². The molecule has 0 radical (unpaired) electrons. The highest BCUT2D eigenvalue weighted by Gasteiger charge is 2.38. The number of para-hydroxylation sites is 1.